The monoisotopic (exact) mass is 333 g/mol. The van der Waals surface area contributed by atoms with Gasteiger partial charge in [-0.3, -0.25) is 0 Å². The highest BCUT2D eigenvalue weighted by Crippen LogP contribution is 2.21. The molecular weight excluding hydrogens is 314 g/mol. The summed E-state index contributed by atoms with van der Waals surface area (Å²) in [4.78, 5) is -0.268. The lowest BCUT2D eigenvalue weighted by atomic mass is 10.2. The Morgan fingerprint density at radius 2 is 1.62 bits per heavy atom. The number of primary sulfonamides is 1. The van der Waals surface area contributed by atoms with Gasteiger partial charge in [-0.1, -0.05) is 6.07 Å². The Hall–Kier alpha value is -1.00. The zero-order valence-electron chi connectivity index (χ0n) is 11.9. The smallest absolute Gasteiger partial charge is 0.243 e. The molecule has 1 saturated heterocycles. The minimum absolute atomic E-state index is 0.0324. The molecule has 0 amide bonds. The van der Waals surface area contributed by atoms with Crippen molar-refractivity contribution in [1.29, 1.82) is 0 Å². The van der Waals surface area contributed by atoms with Crippen LogP contribution in [0.5, 0.6) is 0 Å². The van der Waals surface area contributed by atoms with Crippen molar-refractivity contribution < 1.29 is 16.8 Å². The minimum Gasteiger partial charge on any atom is -0.309 e. The first-order valence-electron chi connectivity index (χ1n) is 6.50. The van der Waals surface area contributed by atoms with Crippen LogP contribution in [0.4, 0.5) is 0 Å². The van der Waals surface area contributed by atoms with Gasteiger partial charge in [-0.15, -0.1) is 0 Å². The summed E-state index contributed by atoms with van der Waals surface area (Å²) in [5.41, 5.74) is 0. The molecule has 1 heterocycles. The third kappa shape index (κ3) is 3.61. The fourth-order valence-corrected chi connectivity index (χ4v) is 4.73. The molecule has 1 fully saturated rings. The molecule has 0 saturated carbocycles. The maximum absolute atomic E-state index is 12.6. The molecule has 7 nitrogen and oxygen atoms in total. The molecule has 0 unspecified atom stereocenters. The summed E-state index contributed by atoms with van der Waals surface area (Å²) in [5, 5.41) is 8.29. The Morgan fingerprint density at radius 3 is 2.14 bits per heavy atom. The second-order valence-electron chi connectivity index (χ2n) is 5.31. The molecule has 2 atom stereocenters. The summed E-state index contributed by atoms with van der Waals surface area (Å²) in [6.07, 6.45) is 0. The standard InChI is InChI=1S/C12H19N3O4S2/c1-9-7-15(8-10(2)14-9)21(18,19)12-5-3-4-11(6-12)20(13,16)17/h3-6,9-10,14H,7-8H2,1-2H3,(H2,13,16,17)/t9-,10+. The van der Waals surface area contributed by atoms with E-state index in [9.17, 15) is 16.8 Å². The van der Waals surface area contributed by atoms with E-state index in [1.165, 1.54) is 22.5 Å². The van der Waals surface area contributed by atoms with E-state index in [-0.39, 0.29) is 21.9 Å². The van der Waals surface area contributed by atoms with E-state index in [2.05, 4.69) is 5.32 Å². The Balaban J connectivity index is 2.40. The number of rotatable bonds is 3. The number of nitrogens with two attached hydrogens (primary N) is 1. The Bertz CT molecular complexity index is 721. The van der Waals surface area contributed by atoms with Gasteiger partial charge in [0.25, 0.3) is 0 Å². The molecule has 3 N–H and O–H groups in total. The second kappa shape index (κ2) is 5.65. The topological polar surface area (TPSA) is 110 Å². The first-order chi connectivity index (χ1) is 9.60. The number of sulfonamides is 2. The van der Waals surface area contributed by atoms with E-state index in [0.717, 1.165) is 6.07 Å². The maximum atomic E-state index is 12.6. The predicted molar refractivity (Wildman–Crippen MR) is 78.6 cm³/mol. The number of nitrogens with one attached hydrogen (secondary N) is 1. The summed E-state index contributed by atoms with van der Waals surface area (Å²) in [7, 11) is -7.67. The molecule has 9 heteroatoms. The first-order valence-corrected chi connectivity index (χ1v) is 9.48. The van der Waals surface area contributed by atoms with Crippen molar-refractivity contribution in [3.8, 4) is 0 Å². The normalized spacial score (nSPS) is 24.9. The summed E-state index contributed by atoms with van der Waals surface area (Å²) in [6.45, 7) is 4.48. The third-order valence-corrected chi connectivity index (χ3v) is 6.03. The van der Waals surface area contributed by atoms with Crippen molar-refractivity contribution >= 4 is 20.0 Å². The fraction of sp³-hybridized carbons (Fsp3) is 0.500. The molecule has 1 aromatic carbocycles. The van der Waals surface area contributed by atoms with Crippen LogP contribution in [0.25, 0.3) is 0 Å². The summed E-state index contributed by atoms with van der Waals surface area (Å²) in [6, 6.07) is 5.19. The molecule has 1 aliphatic heterocycles. The van der Waals surface area contributed by atoms with Crippen LogP contribution in [-0.2, 0) is 20.0 Å². The maximum Gasteiger partial charge on any atom is 0.243 e. The lowest BCUT2D eigenvalue weighted by molar-refractivity contribution is 0.263. The van der Waals surface area contributed by atoms with Crippen LogP contribution < -0.4 is 10.5 Å². The summed E-state index contributed by atoms with van der Waals surface area (Å²) in [5.74, 6) is 0. The number of benzene rings is 1. The third-order valence-electron chi connectivity index (χ3n) is 3.30. The van der Waals surface area contributed by atoms with Gasteiger partial charge >= 0.3 is 0 Å². The van der Waals surface area contributed by atoms with Crippen molar-refractivity contribution in [3.05, 3.63) is 24.3 Å². The Kier molecular flexibility index (Phi) is 4.41. The predicted octanol–water partition coefficient (Wildman–Crippen LogP) is -0.295. The average molecular weight is 333 g/mol. The highest BCUT2D eigenvalue weighted by Gasteiger charge is 2.31. The van der Waals surface area contributed by atoms with Crippen molar-refractivity contribution in [2.75, 3.05) is 13.1 Å². The van der Waals surface area contributed by atoms with Crippen molar-refractivity contribution in [1.82, 2.24) is 9.62 Å². The van der Waals surface area contributed by atoms with Gasteiger partial charge in [0.2, 0.25) is 20.0 Å². The first kappa shape index (κ1) is 16.4. The van der Waals surface area contributed by atoms with E-state index in [1.54, 1.807) is 0 Å². The van der Waals surface area contributed by atoms with E-state index >= 15 is 0 Å². The molecule has 2 rings (SSSR count). The highest BCUT2D eigenvalue weighted by molar-refractivity contribution is 7.90. The zero-order chi connectivity index (χ0) is 15.8. The molecule has 0 aromatic heterocycles. The molecule has 118 valence electrons. The zero-order valence-corrected chi connectivity index (χ0v) is 13.5. The van der Waals surface area contributed by atoms with Crippen molar-refractivity contribution in [2.45, 2.75) is 35.7 Å². The van der Waals surface area contributed by atoms with Crippen molar-refractivity contribution in [2.24, 2.45) is 5.14 Å². The highest BCUT2D eigenvalue weighted by atomic mass is 32.2. The van der Waals surface area contributed by atoms with Crippen LogP contribution in [0.3, 0.4) is 0 Å². The molecule has 0 bridgehead atoms. The van der Waals surface area contributed by atoms with Gasteiger partial charge in [0, 0.05) is 25.2 Å². The van der Waals surface area contributed by atoms with E-state index in [0.29, 0.717) is 13.1 Å². The number of piperazine rings is 1. The summed E-state index contributed by atoms with van der Waals surface area (Å²) < 4.78 is 49.3. The quantitative estimate of drug-likeness (QED) is 0.789. The van der Waals surface area contributed by atoms with Crippen LogP contribution >= 0.6 is 0 Å². The van der Waals surface area contributed by atoms with E-state index < -0.39 is 20.0 Å². The molecule has 1 aromatic rings. The van der Waals surface area contributed by atoms with Crippen LogP contribution in [0.15, 0.2) is 34.1 Å². The fourth-order valence-electron chi connectivity index (χ4n) is 2.43. The Morgan fingerprint density at radius 1 is 1.10 bits per heavy atom. The van der Waals surface area contributed by atoms with E-state index in [4.69, 9.17) is 5.14 Å². The molecular formula is C12H19N3O4S2. The number of hydrogen-bond acceptors (Lipinski definition) is 5. The summed E-state index contributed by atoms with van der Waals surface area (Å²) >= 11 is 0. The SMILES string of the molecule is C[C@@H]1CN(S(=O)(=O)c2cccc(S(N)(=O)=O)c2)C[C@H](C)N1. The lowest BCUT2D eigenvalue weighted by Gasteiger charge is -2.35. The van der Waals surface area contributed by atoms with Gasteiger partial charge in [-0.25, -0.2) is 22.0 Å². The number of nitrogens with zero attached hydrogens (tertiary/aromatic N) is 1. The van der Waals surface area contributed by atoms with Gasteiger partial charge in [-0.05, 0) is 32.0 Å². The lowest BCUT2D eigenvalue weighted by Crippen LogP contribution is -2.55. The Labute approximate surface area is 125 Å². The van der Waals surface area contributed by atoms with Gasteiger partial charge in [0.1, 0.15) is 0 Å². The molecule has 0 spiro atoms. The molecule has 0 radical (unpaired) electrons. The van der Waals surface area contributed by atoms with Crippen LogP contribution in [0.2, 0.25) is 0 Å². The van der Waals surface area contributed by atoms with Gasteiger partial charge in [0.05, 0.1) is 9.79 Å². The largest absolute Gasteiger partial charge is 0.309 e. The van der Waals surface area contributed by atoms with E-state index in [1.807, 2.05) is 13.8 Å². The molecule has 0 aliphatic carbocycles. The average Bonchev–Trinajstić information content (AvgIpc) is 2.36. The number of hydrogen-bond donors (Lipinski definition) is 2. The van der Waals surface area contributed by atoms with Gasteiger partial charge in [-0.2, -0.15) is 4.31 Å². The van der Waals surface area contributed by atoms with Crippen LogP contribution in [0, 0.1) is 0 Å². The van der Waals surface area contributed by atoms with Gasteiger partial charge < -0.3 is 5.32 Å². The minimum atomic E-state index is -3.93. The van der Waals surface area contributed by atoms with Gasteiger partial charge in [0.15, 0.2) is 0 Å². The molecule has 1 aliphatic rings. The second-order valence-corrected chi connectivity index (χ2v) is 8.81. The van der Waals surface area contributed by atoms with Crippen molar-refractivity contribution in [3.63, 3.8) is 0 Å². The van der Waals surface area contributed by atoms with Crippen LogP contribution in [0.1, 0.15) is 13.8 Å². The molecule has 21 heavy (non-hydrogen) atoms. The van der Waals surface area contributed by atoms with Crippen LogP contribution in [-0.4, -0.2) is 46.3 Å².